The molecule has 0 aromatic heterocycles. The van der Waals surface area contributed by atoms with E-state index in [4.69, 9.17) is 28.4 Å². The van der Waals surface area contributed by atoms with Gasteiger partial charge in [-0.25, -0.2) is 0 Å². The lowest BCUT2D eigenvalue weighted by molar-refractivity contribution is -0.379. The lowest BCUT2D eigenvalue weighted by Gasteiger charge is -2.48. The average molecular weight is 1370 g/mol. The SMILES string of the molecule is CC/C=C\C/C=C\C/C=C\C/C=C\C/C=C\C/C=C\CCCCCCCCCCCCCCCCC(=O)NC(COC1OC(CO)C(OC2OC(CO)C(OC3OC(CO)C(O)C(O)C3O)C(O)C2O)C(O)C1O)C(O)/C=C/CC/C=C/CCCCCCCCCCCCCCC. The molecule has 3 saturated heterocycles. The van der Waals surface area contributed by atoms with Crippen LogP contribution in [0.4, 0.5) is 0 Å². The molecule has 0 aliphatic carbocycles. The predicted molar refractivity (Wildman–Crippen MR) is 383 cm³/mol. The van der Waals surface area contributed by atoms with Gasteiger partial charge in [-0.15, -0.1) is 0 Å². The maximum Gasteiger partial charge on any atom is 0.220 e. The number of rotatable bonds is 58. The summed E-state index contributed by atoms with van der Waals surface area (Å²) in [4.78, 5) is 13.4. The molecule has 17 unspecified atom stereocenters. The van der Waals surface area contributed by atoms with E-state index in [2.05, 4.69) is 104 Å². The van der Waals surface area contributed by atoms with Crippen molar-refractivity contribution in [3.05, 3.63) is 97.2 Å². The predicted octanol–water partition coefficient (Wildman–Crippen LogP) is 11.6. The first-order valence-electron chi connectivity index (χ1n) is 38.0. The minimum absolute atomic E-state index is 0.230. The van der Waals surface area contributed by atoms with Gasteiger partial charge in [0.05, 0.1) is 38.6 Å². The number of hydrogen-bond donors (Lipinski definition) is 12. The fourth-order valence-corrected chi connectivity index (χ4v) is 12.3. The summed E-state index contributed by atoms with van der Waals surface area (Å²) in [7, 11) is 0. The van der Waals surface area contributed by atoms with Crippen LogP contribution < -0.4 is 5.32 Å². The van der Waals surface area contributed by atoms with Crippen molar-refractivity contribution in [3.8, 4) is 0 Å². The molecule has 17 atom stereocenters. The van der Waals surface area contributed by atoms with Crippen LogP contribution in [0.3, 0.4) is 0 Å². The first kappa shape index (κ1) is 87.9. The topological polar surface area (TPSA) is 307 Å². The molecule has 12 N–H and O–H groups in total. The van der Waals surface area contributed by atoms with Gasteiger partial charge in [-0.3, -0.25) is 4.79 Å². The Kier molecular flexibility index (Phi) is 52.8. The third kappa shape index (κ3) is 39.1. The zero-order valence-corrected chi connectivity index (χ0v) is 59.5. The number of aliphatic hydroxyl groups excluding tert-OH is 11. The molecule has 3 fully saturated rings. The molecule has 1 amide bonds. The maximum absolute atomic E-state index is 13.4. The molecule has 3 heterocycles. The Balaban J connectivity index is 1.38. The minimum atomic E-state index is -1.98. The van der Waals surface area contributed by atoms with Crippen LogP contribution in [0.1, 0.15) is 258 Å². The number of amides is 1. The molecule has 0 radical (unpaired) electrons. The lowest BCUT2D eigenvalue weighted by atomic mass is 9.96. The summed E-state index contributed by atoms with van der Waals surface area (Å²) in [5.74, 6) is -0.288. The van der Waals surface area contributed by atoms with Crippen LogP contribution in [0.15, 0.2) is 97.2 Å². The number of hydrogen-bond acceptors (Lipinski definition) is 18. The van der Waals surface area contributed by atoms with Crippen LogP contribution in [0.2, 0.25) is 0 Å². The molecule has 19 heteroatoms. The van der Waals surface area contributed by atoms with E-state index in [0.29, 0.717) is 12.8 Å². The van der Waals surface area contributed by atoms with Crippen molar-refractivity contribution < 1.29 is 89.4 Å². The fraction of sp³-hybridized carbons (Fsp3) is 0.782. The molecule has 0 aromatic carbocycles. The Labute approximate surface area is 583 Å². The number of carbonyl (C=O) groups is 1. The van der Waals surface area contributed by atoms with Crippen molar-refractivity contribution in [2.75, 3.05) is 26.4 Å². The number of carbonyl (C=O) groups excluding carboxylic acids is 1. The number of unbranched alkanes of at least 4 members (excludes halogenated alkanes) is 28. The van der Waals surface area contributed by atoms with Gasteiger partial charge in [0.15, 0.2) is 18.9 Å². The Morgan fingerprint density at radius 1 is 0.381 bits per heavy atom. The van der Waals surface area contributed by atoms with Crippen molar-refractivity contribution in [1.29, 1.82) is 0 Å². The van der Waals surface area contributed by atoms with Gasteiger partial charge in [-0.2, -0.15) is 0 Å². The van der Waals surface area contributed by atoms with Crippen molar-refractivity contribution in [2.45, 2.75) is 362 Å². The molecule has 0 saturated carbocycles. The Morgan fingerprint density at radius 2 is 0.722 bits per heavy atom. The summed E-state index contributed by atoms with van der Waals surface area (Å²) in [6.07, 6.45) is 51.0. The van der Waals surface area contributed by atoms with Crippen LogP contribution in [-0.4, -0.2) is 193 Å². The summed E-state index contributed by atoms with van der Waals surface area (Å²) < 4.78 is 34.4. The third-order valence-corrected chi connectivity index (χ3v) is 18.4. The van der Waals surface area contributed by atoms with Crippen LogP contribution >= 0.6 is 0 Å². The summed E-state index contributed by atoms with van der Waals surface area (Å²) in [5.41, 5.74) is 0. The van der Waals surface area contributed by atoms with E-state index in [-0.39, 0.29) is 18.9 Å². The number of nitrogens with one attached hydrogen (secondary N) is 1. The Bertz CT molecular complexity index is 2130. The summed E-state index contributed by atoms with van der Waals surface area (Å²) in [6.45, 7) is 1.61. The second-order valence-corrected chi connectivity index (χ2v) is 26.7. The van der Waals surface area contributed by atoms with Crippen molar-refractivity contribution in [2.24, 2.45) is 0 Å². The van der Waals surface area contributed by atoms with Gasteiger partial charge in [0.1, 0.15) is 73.2 Å². The van der Waals surface area contributed by atoms with E-state index >= 15 is 0 Å². The molecule has 19 nitrogen and oxygen atoms in total. The Morgan fingerprint density at radius 3 is 1.15 bits per heavy atom. The standard InChI is InChI=1S/C78H135NO18/c1-3-5-7-9-11-13-15-17-19-21-23-24-25-26-27-28-29-30-31-32-33-34-35-36-38-40-42-44-46-48-50-52-54-56-66(84)79-61(62(83)55-53-51-49-47-45-43-41-39-37-22-20-18-16-14-12-10-8-6-4-2)60-92-76-72(90)69(87)74(64(58-81)94-76)97-78-73(91)70(88)75(65(59-82)95-78)96-77-71(89)68(86)67(85)63(57-80)93-77/h5,7,11,13,17,19,23-24,26-27,29-30,45,47,53,55,61-65,67-78,80-83,85-91H,3-4,6,8-10,12,14-16,18,20-22,25,28,31-44,46,48-52,54,56-60H2,1-2H3,(H,79,84)/b7-5-,13-11-,19-17-,24-23-,27-26-,30-29-,47-45+,55-53+. The van der Waals surface area contributed by atoms with Crippen LogP contribution in [-0.2, 0) is 33.2 Å². The van der Waals surface area contributed by atoms with E-state index in [9.17, 15) is 61.0 Å². The van der Waals surface area contributed by atoms with Crippen molar-refractivity contribution >= 4 is 5.91 Å². The first-order valence-corrected chi connectivity index (χ1v) is 38.0. The zero-order valence-electron chi connectivity index (χ0n) is 59.5. The molecule has 3 aliphatic heterocycles. The van der Waals surface area contributed by atoms with E-state index in [1.165, 1.54) is 141 Å². The molecule has 0 spiro atoms. The van der Waals surface area contributed by atoms with E-state index in [1.54, 1.807) is 6.08 Å². The number of ether oxygens (including phenoxy) is 6. The van der Waals surface area contributed by atoms with Gasteiger partial charge in [-0.05, 0) is 83.5 Å². The van der Waals surface area contributed by atoms with E-state index in [1.807, 2.05) is 6.08 Å². The highest BCUT2D eigenvalue weighted by molar-refractivity contribution is 5.76. The number of allylic oxidation sites excluding steroid dienone is 15. The van der Waals surface area contributed by atoms with Gasteiger partial charge >= 0.3 is 0 Å². The van der Waals surface area contributed by atoms with E-state index in [0.717, 1.165) is 83.5 Å². The monoisotopic (exact) mass is 1370 g/mol. The van der Waals surface area contributed by atoms with Gasteiger partial charge < -0.3 is 89.9 Å². The highest BCUT2D eigenvalue weighted by Gasteiger charge is 2.53. The van der Waals surface area contributed by atoms with Crippen molar-refractivity contribution in [3.63, 3.8) is 0 Å². The number of aliphatic hydroxyl groups is 11. The summed E-state index contributed by atoms with van der Waals surface area (Å²) >= 11 is 0. The van der Waals surface area contributed by atoms with E-state index < -0.39 is 124 Å². The molecular formula is C78H135NO18. The maximum atomic E-state index is 13.4. The molecular weight excluding hydrogens is 1240 g/mol. The first-order chi connectivity index (χ1) is 47.3. The van der Waals surface area contributed by atoms with Gasteiger partial charge in [0.2, 0.25) is 5.91 Å². The Hall–Kier alpha value is -3.29. The molecule has 0 bridgehead atoms. The second kappa shape index (κ2) is 58.2. The molecule has 97 heavy (non-hydrogen) atoms. The third-order valence-electron chi connectivity index (χ3n) is 18.4. The van der Waals surface area contributed by atoms with Gasteiger partial charge in [-0.1, -0.05) is 265 Å². The van der Waals surface area contributed by atoms with Gasteiger partial charge in [0.25, 0.3) is 0 Å². The van der Waals surface area contributed by atoms with Crippen LogP contribution in [0.5, 0.6) is 0 Å². The van der Waals surface area contributed by atoms with Crippen molar-refractivity contribution in [1.82, 2.24) is 5.32 Å². The largest absolute Gasteiger partial charge is 0.394 e. The molecule has 560 valence electrons. The average Bonchev–Trinajstić information content (AvgIpc) is 0.845. The summed E-state index contributed by atoms with van der Waals surface area (Å²) in [6, 6.07) is -0.996. The molecule has 3 rings (SSSR count). The normalized spacial score (nSPS) is 27.5. The minimum Gasteiger partial charge on any atom is -0.394 e. The van der Waals surface area contributed by atoms with Crippen LogP contribution in [0, 0.1) is 0 Å². The molecule has 0 aromatic rings. The fourth-order valence-electron chi connectivity index (χ4n) is 12.3. The highest BCUT2D eigenvalue weighted by Crippen LogP contribution is 2.33. The highest BCUT2D eigenvalue weighted by atomic mass is 16.8. The summed E-state index contributed by atoms with van der Waals surface area (Å²) in [5, 5.41) is 121. The second-order valence-electron chi connectivity index (χ2n) is 26.7. The van der Waals surface area contributed by atoms with Gasteiger partial charge in [0, 0.05) is 6.42 Å². The molecule has 3 aliphatic rings. The zero-order chi connectivity index (χ0) is 70.4. The van der Waals surface area contributed by atoms with Crippen LogP contribution in [0.25, 0.3) is 0 Å². The quantitative estimate of drug-likeness (QED) is 0.0199. The smallest absolute Gasteiger partial charge is 0.220 e. The lowest BCUT2D eigenvalue weighted by Crippen LogP contribution is -2.66.